The lowest BCUT2D eigenvalue weighted by Gasteiger charge is -2.33. The van der Waals surface area contributed by atoms with Gasteiger partial charge in [-0.05, 0) is 71.3 Å². The van der Waals surface area contributed by atoms with Crippen LogP contribution in [0.1, 0.15) is 0 Å². The summed E-state index contributed by atoms with van der Waals surface area (Å²) in [5, 5.41) is 11.3. The van der Waals surface area contributed by atoms with Gasteiger partial charge in [-0.1, -0.05) is 90.4 Å². The predicted molar refractivity (Wildman–Crippen MR) is 168 cm³/mol. The summed E-state index contributed by atoms with van der Waals surface area (Å²) in [5.41, 5.74) is 10.3. The van der Waals surface area contributed by atoms with Crippen LogP contribution in [0.5, 0.6) is 17.2 Å². The lowest BCUT2D eigenvalue weighted by molar-refractivity contribution is 0.476. The molecule has 2 aliphatic heterocycles. The summed E-state index contributed by atoms with van der Waals surface area (Å²) in [5.74, 6) is 1.89. The second-order valence-corrected chi connectivity index (χ2v) is 10.2. The number of anilines is 5. The van der Waals surface area contributed by atoms with Crippen molar-refractivity contribution < 1.29 is 9.84 Å². The summed E-state index contributed by atoms with van der Waals surface area (Å²) in [6.07, 6.45) is 0. The zero-order chi connectivity index (χ0) is 27.3. The lowest BCUT2D eigenvalue weighted by Crippen LogP contribution is -2.37. The van der Waals surface area contributed by atoms with Gasteiger partial charge < -0.3 is 19.6 Å². The van der Waals surface area contributed by atoms with Crippen LogP contribution in [0.15, 0.2) is 140 Å². The molecule has 0 atom stereocenters. The van der Waals surface area contributed by atoms with Crippen molar-refractivity contribution in [3.8, 4) is 39.5 Å². The van der Waals surface area contributed by atoms with Crippen molar-refractivity contribution in [3.63, 3.8) is 0 Å². The summed E-state index contributed by atoms with van der Waals surface area (Å²) < 4.78 is 6.16. The zero-order valence-electron chi connectivity index (χ0n) is 22.1. The van der Waals surface area contributed by atoms with Crippen molar-refractivity contribution in [2.24, 2.45) is 0 Å². The average molecular weight is 527 g/mol. The number of benzene rings is 6. The fourth-order valence-corrected chi connectivity index (χ4v) is 5.87. The molecule has 0 saturated heterocycles. The number of para-hydroxylation sites is 5. The minimum Gasteiger partial charge on any atom is -0.506 e. The smallest absolute Gasteiger partial charge is 0.291 e. The fraction of sp³-hybridized carbons (Fsp3) is 0. The maximum Gasteiger partial charge on any atom is 0.291 e. The van der Waals surface area contributed by atoms with Gasteiger partial charge in [0.1, 0.15) is 5.75 Å². The number of ether oxygens (including phenoxy) is 1. The maximum absolute atomic E-state index is 11.3. The minimum atomic E-state index is 0.230. The molecule has 5 heteroatoms. The third-order valence-corrected chi connectivity index (χ3v) is 7.81. The molecular formula is C36H24BN2O2. The summed E-state index contributed by atoms with van der Waals surface area (Å²) in [7, 11) is 2.10. The van der Waals surface area contributed by atoms with Gasteiger partial charge in [0.05, 0.1) is 17.1 Å². The van der Waals surface area contributed by atoms with Gasteiger partial charge in [0.2, 0.25) is 0 Å². The van der Waals surface area contributed by atoms with E-state index in [-0.39, 0.29) is 5.75 Å². The molecule has 1 radical (unpaired) electrons. The Bertz CT molecular complexity index is 1890. The highest BCUT2D eigenvalue weighted by molar-refractivity contribution is 6.63. The van der Waals surface area contributed by atoms with E-state index in [2.05, 4.69) is 96.0 Å². The summed E-state index contributed by atoms with van der Waals surface area (Å²) >= 11 is 0. The second-order valence-electron chi connectivity index (χ2n) is 10.2. The Kier molecular flexibility index (Phi) is 5.35. The van der Waals surface area contributed by atoms with Crippen molar-refractivity contribution in [2.45, 2.75) is 0 Å². The molecule has 0 unspecified atom stereocenters. The molecule has 0 saturated carbocycles. The largest absolute Gasteiger partial charge is 0.506 e. The number of hydrogen-bond donors (Lipinski definition) is 1. The van der Waals surface area contributed by atoms with Crippen LogP contribution in [-0.4, -0.2) is 12.5 Å². The Morgan fingerprint density at radius 3 is 1.80 bits per heavy atom. The van der Waals surface area contributed by atoms with Gasteiger partial charge in [-0.3, -0.25) is 0 Å². The third-order valence-electron chi connectivity index (χ3n) is 7.81. The monoisotopic (exact) mass is 527 g/mol. The van der Waals surface area contributed by atoms with Crippen LogP contribution in [0.3, 0.4) is 0 Å². The molecule has 41 heavy (non-hydrogen) atoms. The molecule has 0 amide bonds. The second kappa shape index (κ2) is 9.35. The number of phenols is 1. The molecule has 0 aliphatic carbocycles. The number of hydrogen-bond acceptors (Lipinski definition) is 4. The van der Waals surface area contributed by atoms with Crippen molar-refractivity contribution in [2.75, 3.05) is 9.71 Å². The number of nitrogens with zero attached hydrogens (tertiary/aromatic N) is 2. The van der Waals surface area contributed by atoms with E-state index in [9.17, 15) is 5.11 Å². The Balaban J connectivity index is 1.13. The first-order valence-electron chi connectivity index (χ1n) is 13.7. The molecular weight excluding hydrogens is 503 g/mol. The van der Waals surface area contributed by atoms with Crippen LogP contribution in [-0.2, 0) is 0 Å². The third kappa shape index (κ3) is 3.86. The zero-order valence-corrected chi connectivity index (χ0v) is 22.1. The van der Waals surface area contributed by atoms with Crippen LogP contribution in [0.25, 0.3) is 22.3 Å². The summed E-state index contributed by atoms with van der Waals surface area (Å²) in [6, 6.07) is 47.2. The number of rotatable bonds is 3. The van der Waals surface area contributed by atoms with Gasteiger partial charge in [-0.2, -0.15) is 0 Å². The molecule has 1 N–H and O–H groups in total. The summed E-state index contributed by atoms with van der Waals surface area (Å²) in [4.78, 5) is 4.30. The van der Waals surface area contributed by atoms with Crippen LogP contribution < -0.4 is 19.9 Å². The van der Waals surface area contributed by atoms with Gasteiger partial charge in [0.15, 0.2) is 11.5 Å². The predicted octanol–water partition coefficient (Wildman–Crippen LogP) is 8.70. The number of fused-ring (bicyclic) bond motifs is 5. The molecule has 0 bridgehead atoms. The summed E-state index contributed by atoms with van der Waals surface area (Å²) in [6.45, 7) is 0. The van der Waals surface area contributed by atoms with Gasteiger partial charge in [0, 0.05) is 16.9 Å². The molecule has 8 rings (SSSR count). The normalized spacial score (nSPS) is 12.8. The topological polar surface area (TPSA) is 35.9 Å². The van der Waals surface area contributed by atoms with Crippen LogP contribution in [0.2, 0.25) is 0 Å². The van der Waals surface area contributed by atoms with Crippen molar-refractivity contribution >= 4 is 41.3 Å². The number of phenolic OH excluding ortho intramolecular Hbond substituents is 1. The van der Waals surface area contributed by atoms with E-state index in [0.29, 0.717) is 0 Å². The highest BCUT2D eigenvalue weighted by Crippen LogP contribution is 2.50. The molecule has 0 fully saturated rings. The minimum absolute atomic E-state index is 0.230. The van der Waals surface area contributed by atoms with Crippen molar-refractivity contribution in [1.29, 1.82) is 0 Å². The lowest BCUT2D eigenvalue weighted by atomic mass is 9.71. The first-order valence-corrected chi connectivity index (χ1v) is 13.7. The van der Waals surface area contributed by atoms with Gasteiger partial charge in [-0.15, -0.1) is 0 Å². The molecule has 6 aromatic carbocycles. The van der Waals surface area contributed by atoms with E-state index in [1.165, 1.54) is 5.56 Å². The van der Waals surface area contributed by atoms with Crippen molar-refractivity contribution in [3.05, 3.63) is 140 Å². The molecule has 2 heterocycles. The first kappa shape index (κ1) is 23.5. The average Bonchev–Trinajstić information content (AvgIpc) is 3.03. The first-order chi connectivity index (χ1) is 20.2. The molecule has 4 nitrogen and oxygen atoms in total. The Hall–Kier alpha value is -5.42. The van der Waals surface area contributed by atoms with E-state index in [4.69, 9.17) is 4.74 Å². The number of aromatic hydroxyl groups is 1. The van der Waals surface area contributed by atoms with Crippen LogP contribution >= 0.6 is 0 Å². The quantitative estimate of drug-likeness (QED) is 0.233. The van der Waals surface area contributed by atoms with Crippen LogP contribution in [0, 0.1) is 0 Å². The Labute approximate surface area is 239 Å². The van der Waals surface area contributed by atoms with E-state index in [1.54, 1.807) is 0 Å². The fourth-order valence-electron chi connectivity index (χ4n) is 5.87. The van der Waals surface area contributed by atoms with Gasteiger partial charge in [-0.25, -0.2) is 0 Å². The van der Waals surface area contributed by atoms with Gasteiger partial charge in [0.25, 0.3) is 7.41 Å². The van der Waals surface area contributed by atoms with E-state index in [1.807, 2.05) is 60.7 Å². The molecule has 2 aliphatic rings. The Morgan fingerprint density at radius 2 is 1.10 bits per heavy atom. The molecule has 193 valence electrons. The van der Waals surface area contributed by atoms with Gasteiger partial charge >= 0.3 is 0 Å². The molecule has 0 aromatic heterocycles. The van der Waals surface area contributed by atoms with Crippen molar-refractivity contribution in [1.82, 2.24) is 0 Å². The SMILES string of the molecule is Oc1cc(-c2ccc(N3c4ccccc4Oc4ccccc43)cc2)ccc1N1[B]c2ccccc2-c2ccccc21. The molecule has 6 aromatic rings. The Morgan fingerprint density at radius 1 is 0.512 bits per heavy atom. The standard InChI is InChI=1S/C36H24BN2O2/c40-34-23-25(19-22-31(34)39-30-12-4-2-10-28(30)27-9-1-3-11-29(27)37-39)24-17-20-26(21-18-24)38-32-13-5-7-15-35(32)41-36-16-8-6-14-33(36)38/h1-23,40H. The van der Waals surface area contributed by atoms with E-state index >= 15 is 0 Å². The highest BCUT2D eigenvalue weighted by Gasteiger charge is 2.27. The van der Waals surface area contributed by atoms with E-state index in [0.717, 1.165) is 62.1 Å². The molecule has 0 spiro atoms. The highest BCUT2D eigenvalue weighted by atomic mass is 16.5. The van der Waals surface area contributed by atoms with Crippen LogP contribution in [0.4, 0.5) is 28.4 Å². The maximum atomic E-state index is 11.3. The van der Waals surface area contributed by atoms with E-state index < -0.39 is 0 Å².